The van der Waals surface area contributed by atoms with Gasteiger partial charge in [-0.1, -0.05) is 18.2 Å². The van der Waals surface area contributed by atoms with Gasteiger partial charge in [-0.05, 0) is 25.8 Å². The molecule has 26 heavy (non-hydrogen) atoms. The topological polar surface area (TPSA) is 70.4 Å². The molecular weight excluding hydrogens is 335 g/mol. The molecule has 0 saturated carbocycles. The Labute approximate surface area is 152 Å². The summed E-state index contributed by atoms with van der Waals surface area (Å²) < 4.78 is 15.9. The van der Waals surface area contributed by atoms with Crippen molar-refractivity contribution in [2.75, 3.05) is 13.1 Å². The molecule has 1 atom stereocenters. The Kier molecular flexibility index (Phi) is 5.68. The number of amides is 1. The third-order valence-electron chi connectivity index (χ3n) is 4.87. The number of benzene rings is 1. The van der Waals surface area contributed by atoms with E-state index in [-0.39, 0.29) is 24.8 Å². The monoisotopic (exact) mass is 360 g/mol. The molecule has 2 N–H and O–H groups in total. The number of hydrogen-bond donors (Lipinski definition) is 2. The van der Waals surface area contributed by atoms with Gasteiger partial charge >= 0.3 is 0 Å². The van der Waals surface area contributed by atoms with Crippen molar-refractivity contribution >= 4 is 5.91 Å². The normalized spacial score (nSPS) is 20.6. The number of aliphatic hydroxyl groups is 1. The first-order valence-electron chi connectivity index (χ1n) is 8.99. The van der Waals surface area contributed by atoms with E-state index in [4.69, 9.17) is 0 Å². The second-order valence-electron chi connectivity index (χ2n) is 6.69. The summed E-state index contributed by atoms with van der Waals surface area (Å²) >= 11 is 0. The van der Waals surface area contributed by atoms with Crippen molar-refractivity contribution < 1.29 is 14.3 Å². The number of nitrogens with zero attached hydrogens (tertiary/aromatic N) is 3. The molecular formula is C19H25FN4O2. The molecule has 1 aliphatic rings. The zero-order valence-electron chi connectivity index (χ0n) is 15.0. The van der Waals surface area contributed by atoms with Gasteiger partial charge in [0.05, 0.1) is 6.54 Å². The highest BCUT2D eigenvalue weighted by molar-refractivity contribution is 5.86. The number of rotatable bonds is 7. The first kappa shape index (κ1) is 18.5. The lowest BCUT2D eigenvalue weighted by atomic mass is 9.91. The third-order valence-corrected chi connectivity index (χ3v) is 4.87. The summed E-state index contributed by atoms with van der Waals surface area (Å²) in [6.45, 7) is 4.17. The number of carbonyl (C=O) groups excluding carboxylic acids is 1. The van der Waals surface area contributed by atoms with Crippen LogP contribution in [0.3, 0.4) is 0 Å². The van der Waals surface area contributed by atoms with Crippen molar-refractivity contribution in [3.8, 4) is 0 Å². The Hall–Kier alpha value is -2.25. The van der Waals surface area contributed by atoms with Crippen LogP contribution in [0.25, 0.3) is 0 Å². The van der Waals surface area contributed by atoms with Crippen LogP contribution in [0, 0.1) is 5.82 Å². The summed E-state index contributed by atoms with van der Waals surface area (Å²) in [5.74, 6) is 0.180. The van der Waals surface area contributed by atoms with Gasteiger partial charge in [-0.15, -0.1) is 0 Å². The predicted octanol–water partition coefficient (Wildman–Crippen LogP) is 1.69. The Balaban J connectivity index is 1.61. The molecule has 2 heterocycles. The summed E-state index contributed by atoms with van der Waals surface area (Å²) in [6, 6.07) is 6.42. The molecule has 3 rings (SSSR count). The fraction of sp³-hybridized carbons (Fsp3) is 0.474. The lowest BCUT2D eigenvalue weighted by molar-refractivity contribution is -0.157. The Morgan fingerprint density at radius 1 is 1.38 bits per heavy atom. The smallest absolute Gasteiger partial charge is 0.256 e. The van der Waals surface area contributed by atoms with E-state index in [0.29, 0.717) is 31.5 Å². The number of nitrogens with one attached hydrogen (secondary N) is 1. The second kappa shape index (κ2) is 7.97. The van der Waals surface area contributed by atoms with Crippen molar-refractivity contribution in [3.05, 3.63) is 53.9 Å². The number of carbonyl (C=O) groups is 1. The van der Waals surface area contributed by atoms with E-state index in [1.165, 1.54) is 11.0 Å². The van der Waals surface area contributed by atoms with E-state index in [1.54, 1.807) is 24.4 Å². The van der Waals surface area contributed by atoms with Gasteiger partial charge in [0.1, 0.15) is 11.6 Å². The van der Waals surface area contributed by atoms with Crippen molar-refractivity contribution in [2.45, 2.75) is 45.0 Å². The summed E-state index contributed by atoms with van der Waals surface area (Å²) in [4.78, 5) is 18.6. The molecule has 1 fully saturated rings. The van der Waals surface area contributed by atoms with Crippen LogP contribution < -0.4 is 5.32 Å². The maximum absolute atomic E-state index is 13.9. The number of imidazole rings is 1. The maximum atomic E-state index is 13.9. The molecule has 0 aliphatic carbocycles. The van der Waals surface area contributed by atoms with Gasteiger partial charge in [0, 0.05) is 44.1 Å². The number of halogens is 1. The molecule has 2 aromatic rings. The minimum absolute atomic E-state index is 0.149. The summed E-state index contributed by atoms with van der Waals surface area (Å²) in [5, 5.41) is 14.0. The van der Waals surface area contributed by atoms with Crippen molar-refractivity contribution in [3.63, 3.8) is 0 Å². The molecule has 7 heteroatoms. The second-order valence-corrected chi connectivity index (χ2v) is 6.69. The molecule has 0 spiro atoms. The van der Waals surface area contributed by atoms with Crippen LogP contribution in [0.15, 0.2) is 36.7 Å². The van der Waals surface area contributed by atoms with E-state index in [0.717, 1.165) is 12.4 Å². The highest BCUT2D eigenvalue weighted by atomic mass is 19.1. The maximum Gasteiger partial charge on any atom is 0.256 e. The quantitative estimate of drug-likeness (QED) is 0.788. The largest absolute Gasteiger partial charge is 0.379 e. The summed E-state index contributed by atoms with van der Waals surface area (Å²) in [5.41, 5.74) is -1.00. The number of aromatic nitrogens is 2. The van der Waals surface area contributed by atoms with Crippen LogP contribution >= 0.6 is 0 Å². The molecule has 1 aromatic carbocycles. The Bertz CT molecular complexity index is 764. The van der Waals surface area contributed by atoms with Gasteiger partial charge in [0.15, 0.2) is 5.60 Å². The van der Waals surface area contributed by atoms with Crippen molar-refractivity contribution in [1.82, 2.24) is 19.8 Å². The van der Waals surface area contributed by atoms with Crippen LogP contribution in [0.5, 0.6) is 0 Å². The van der Waals surface area contributed by atoms with Gasteiger partial charge in [0.2, 0.25) is 0 Å². The molecule has 1 aliphatic heterocycles. The highest BCUT2D eigenvalue weighted by Gasteiger charge is 2.41. The van der Waals surface area contributed by atoms with Gasteiger partial charge < -0.3 is 19.9 Å². The van der Waals surface area contributed by atoms with E-state index >= 15 is 0 Å². The van der Waals surface area contributed by atoms with Crippen LogP contribution in [-0.4, -0.2) is 44.2 Å². The number of hydrogen-bond acceptors (Lipinski definition) is 4. The Morgan fingerprint density at radius 2 is 2.19 bits per heavy atom. The molecule has 0 bridgehead atoms. The zero-order chi connectivity index (χ0) is 18.6. The first-order valence-corrected chi connectivity index (χ1v) is 8.99. The molecule has 140 valence electrons. The summed E-state index contributed by atoms with van der Waals surface area (Å²) in [6.07, 6.45) is 4.71. The van der Waals surface area contributed by atoms with Gasteiger partial charge in [-0.3, -0.25) is 4.79 Å². The van der Waals surface area contributed by atoms with Gasteiger partial charge in [0.25, 0.3) is 5.91 Å². The molecule has 1 aromatic heterocycles. The van der Waals surface area contributed by atoms with E-state index in [9.17, 15) is 14.3 Å². The SMILES string of the molecule is CCn1ccnc1CNCC1(O)CCCN(Cc2ccccc2F)C1=O. The molecule has 1 amide bonds. The zero-order valence-corrected chi connectivity index (χ0v) is 15.0. The van der Waals surface area contributed by atoms with Crippen LogP contribution in [0.1, 0.15) is 31.2 Å². The van der Waals surface area contributed by atoms with Gasteiger partial charge in [-0.25, -0.2) is 9.37 Å². The lowest BCUT2D eigenvalue weighted by Crippen LogP contribution is -2.57. The fourth-order valence-corrected chi connectivity index (χ4v) is 3.39. The van der Waals surface area contributed by atoms with Gasteiger partial charge in [-0.2, -0.15) is 0 Å². The Morgan fingerprint density at radius 3 is 2.96 bits per heavy atom. The van der Waals surface area contributed by atoms with Crippen molar-refractivity contribution in [1.29, 1.82) is 0 Å². The molecule has 0 radical (unpaired) electrons. The standard InChI is InChI=1S/C19H25FN4O2/c1-2-23-11-9-22-17(23)12-21-14-19(26)8-5-10-24(18(19)25)13-15-6-3-4-7-16(15)20/h3-4,6-7,9,11,21,26H,2,5,8,10,12-14H2,1H3. The van der Waals surface area contributed by atoms with E-state index in [1.807, 2.05) is 17.7 Å². The van der Waals surface area contributed by atoms with E-state index < -0.39 is 5.60 Å². The molecule has 1 unspecified atom stereocenters. The molecule has 6 nitrogen and oxygen atoms in total. The average molecular weight is 360 g/mol. The lowest BCUT2D eigenvalue weighted by Gasteiger charge is -2.38. The van der Waals surface area contributed by atoms with Crippen molar-refractivity contribution in [2.24, 2.45) is 0 Å². The molecule has 1 saturated heterocycles. The average Bonchev–Trinajstić information content (AvgIpc) is 3.08. The first-order chi connectivity index (χ1) is 12.5. The van der Waals surface area contributed by atoms with Crippen LogP contribution in [0.4, 0.5) is 4.39 Å². The van der Waals surface area contributed by atoms with Crippen LogP contribution in [0.2, 0.25) is 0 Å². The third kappa shape index (κ3) is 3.94. The number of piperidine rings is 1. The predicted molar refractivity (Wildman–Crippen MR) is 95.6 cm³/mol. The minimum atomic E-state index is -1.47. The fourth-order valence-electron chi connectivity index (χ4n) is 3.39. The number of aryl methyl sites for hydroxylation is 1. The van der Waals surface area contributed by atoms with Crippen LogP contribution in [-0.2, 0) is 24.4 Å². The summed E-state index contributed by atoms with van der Waals surface area (Å²) in [7, 11) is 0. The highest BCUT2D eigenvalue weighted by Crippen LogP contribution is 2.24. The number of likely N-dealkylation sites (tertiary alicyclic amines) is 1. The minimum Gasteiger partial charge on any atom is -0.379 e. The van der Waals surface area contributed by atoms with E-state index in [2.05, 4.69) is 10.3 Å².